The van der Waals surface area contributed by atoms with Crippen molar-refractivity contribution in [3.63, 3.8) is 0 Å². The van der Waals surface area contributed by atoms with Gasteiger partial charge < -0.3 is 20.4 Å². The monoisotopic (exact) mass is 574 g/mol. The van der Waals surface area contributed by atoms with E-state index in [0.717, 1.165) is 18.2 Å². The highest BCUT2D eigenvalue weighted by Gasteiger charge is 2.36. The summed E-state index contributed by atoms with van der Waals surface area (Å²) in [4.78, 5) is 24.1. The molecule has 1 aliphatic rings. The fourth-order valence-corrected chi connectivity index (χ4v) is 4.56. The number of hydrogen-bond donors (Lipinski definition) is 5. The van der Waals surface area contributed by atoms with Crippen LogP contribution < -0.4 is 0 Å². The summed E-state index contributed by atoms with van der Waals surface area (Å²) in [5, 5.41) is 40.4. The molecular formula is C19H12Br2O9S. The standard InChI is InChI=1S/C19H12Br2O9S/c20-10-5-8(14(22)18(26)16(10)24)13(7-3-1-2-4-12(7)31(28,29)30)9-6-11(21)17(25)19(27)15(9)23/h1-6,18,23,25-27H,(H,28,29,30)/b13-8-/t18-/m0/s1. The molecule has 0 aromatic heterocycles. The second-order valence-corrected chi connectivity index (χ2v) is 9.43. The number of rotatable bonds is 3. The third-order valence-corrected chi connectivity index (χ3v) is 6.58. The molecule has 0 aliphatic heterocycles. The minimum absolute atomic E-state index is 0.122. The first-order valence-corrected chi connectivity index (χ1v) is 11.3. The third kappa shape index (κ3) is 4.04. The van der Waals surface area contributed by atoms with Gasteiger partial charge >= 0.3 is 0 Å². The lowest BCUT2D eigenvalue weighted by atomic mass is 9.85. The van der Waals surface area contributed by atoms with Crippen LogP contribution in [0.5, 0.6) is 17.2 Å². The van der Waals surface area contributed by atoms with Crippen LogP contribution in [-0.2, 0) is 19.7 Å². The number of phenolic OH excluding ortho intramolecular Hbond substituents is 3. The molecule has 1 atom stereocenters. The number of aliphatic hydroxyl groups excluding tert-OH is 1. The summed E-state index contributed by atoms with van der Waals surface area (Å²) >= 11 is 5.91. The number of aliphatic hydroxyl groups is 1. The maximum atomic E-state index is 12.8. The fraction of sp³-hybridized carbons (Fsp3) is 0.0526. The number of phenols is 3. The number of ketones is 2. The first-order chi connectivity index (χ1) is 14.4. The second kappa shape index (κ2) is 8.20. The normalized spacial score (nSPS) is 18.7. The number of carbonyl (C=O) groups excluding carboxylic acids is 2. The van der Waals surface area contributed by atoms with Crippen LogP contribution in [0.1, 0.15) is 11.1 Å². The van der Waals surface area contributed by atoms with Crippen LogP contribution in [0, 0.1) is 0 Å². The van der Waals surface area contributed by atoms with Crippen LogP contribution in [0.2, 0.25) is 0 Å². The quantitative estimate of drug-likeness (QED) is 0.160. The molecule has 12 heteroatoms. The van der Waals surface area contributed by atoms with E-state index < -0.39 is 55.5 Å². The van der Waals surface area contributed by atoms with E-state index in [1.807, 2.05) is 0 Å². The zero-order valence-corrected chi connectivity index (χ0v) is 19.1. The van der Waals surface area contributed by atoms with E-state index >= 15 is 0 Å². The highest BCUT2D eigenvalue weighted by Crippen LogP contribution is 2.48. The van der Waals surface area contributed by atoms with Gasteiger partial charge in [0.2, 0.25) is 11.5 Å². The number of carbonyl (C=O) groups is 2. The Morgan fingerprint density at radius 1 is 0.903 bits per heavy atom. The van der Waals surface area contributed by atoms with E-state index in [-0.39, 0.29) is 25.7 Å². The van der Waals surface area contributed by atoms with Gasteiger partial charge in [-0.15, -0.1) is 0 Å². The topological polar surface area (TPSA) is 169 Å². The van der Waals surface area contributed by atoms with E-state index in [1.165, 1.54) is 18.2 Å². The van der Waals surface area contributed by atoms with E-state index in [4.69, 9.17) is 0 Å². The highest BCUT2D eigenvalue weighted by molar-refractivity contribution is 9.12. The molecule has 9 nitrogen and oxygen atoms in total. The summed E-state index contributed by atoms with van der Waals surface area (Å²) in [7, 11) is -4.83. The second-order valence-electron chi connectivity index (χ2n) is 6.33. The van der Waals surface area contributed by atoms with Gasteiger partial charge in [-0.2, -0.15) is 8.42 Å². The van der Waals surface area contributed by atoms with E-state index in [9.17, 15) is 43.0 Å². The maximum absolute atomic E-state index is 12.8. The lowest BCUT2D eigenvalue weighted by Crippen LogP contribution is -2.34. The van der Waals surface area contributed by atoms with Gasteiger partial charge in [0.15, 0.2) is 23.4 Å². The number of Topliss-reactive ketones (excluding diaryl/α,β-unsaturated/α-hetero) is 2. The first kappa shape index (κ1) is 23.2. The largest absolute Gasteiger partial charge is 0.504 e. The molecule has 0 saturated heterocycles. The first-order valence-electron chi connectivity index (χ1n) is 8.24. The Balaban J connectivity index is 2.57. The van der Waals surface area contributed by atoms with Crippen molar-refractivity contribution in [1.29, 1.82) is 0 Å². The molecule has 0 saturated carbocycles. The lowest BCUT2D eigenvalue weighted by molar-refractivity contribution is -0.133. The Morgan fingerprint density at radius 2 is 1.52 bits per heavy atom. The van der Waals surface area contributed by atoms with Gasteiger partial charge in [-0.25, -0.2) is 0 Å². The number of aromatic hydroxyl groups is 3. The van der Waals surface area contributed by atoms with Gasteiger partial charge in [0.05, 0.1) is 8.96 Å². The van der Waals surface area contributed by atoms with Gasteiger partial charge in [0.25, 0.3) is 10.1 Å². The van der Waals surface area contributed by atoms with E-state index in [0.29, 0.717) is 0 Å². The van der Waals surface area contributed by atoms with Crippen molar-refractivity contribution in [2.45, 2.75) is 11.0 Å². The smallest absolute Gasteiger partial charge is 0.295 e. The van der Waals surface area contributed by atoms with Crippen LogP contribution >= 0.6 is 31.9 Å². The molecule has 31 heavy (non-hydrogen) atoms. The molecule has 0 amide bonds. The molecule has 0 spiro atoms. The fourth-order valence-electron chi connectivity index (χ4n) is 3.00. The summed E-state index contributed by atoms with van der Waals surface area (Å²) in [6.45, 7) is 0. The van der Waals surface area contributed by atoms with Crippen LogP contribution in [-0.4, -0.2) is 51.1 Å². The van der Waals surface area contributed by atoms with Crippen molar-refractivity contribution >= 4 is 59.1 Å². The Labute approximate surface area is 192 Å². The van der Waals surface area contributed by atoms with Crippen LogP contribution in [0.25, 0.3) is 5.57 Å². The predicted molar refractivity (Wildman–Crippen MR) is 114 cm³/mol. The predicted octanol–water partition coefficient (Wildman–Crippen LogP) is 2.41. The van der Waals surface area contributed by atoms with Gasteiger partial charge in [0, 0.05) is 22.3 Å². The molecule has 0 radical (unpaired) electrons. The van der Waals surface area contributed by atoms with Crippen molar-refractivity contribution in [3.8, 4) is 17.2 Å². The summed E-state index contributed by atoms with van der Waals surface area (Å²) in [6.07, 6.45) is -1.09. The van der Waals surface area contributed by atoms with E-state index in [2.05, 4.69) is 31.9 Å². The molecule has 2 aromatic rings. The van der Waals surface area contributed by atoms with Crippen molar-refractivity contribution < 1.29 is 43.0 Å². The molecule has 0 unspecified atom stereocenters. The van der Waals surface area contributed by atoms with Crippen molar-refractivity contribution in [1.82, 2.24) is 0 Å². The summed E-state index contributed by atoms with van der Waals surface area (Å²) < 4.78 is 33.3. The molecule has 0 fully saturated rings. The Hall–Kier alpha value is -2.51. The average molecular weight is 576 g/mol. The summed E-state index contributed by atoms with van der Waals surface area (Å²) in [6, 6.07) is 6.01. The van der Waals surface area contributed by atoms with Crippen molar-refractivity contribution in [2.75, 3.05) is 0 Å². The number of allylic oxidation sites excluding steroid dienone is 1. The van der Waals surface area contributed by atoms with E-state index in [1.54, 1.807) is 0 Å². The SMILES string of the molecule is O=C1C(Br)=C/C(=C(\c2ccccc2S(=O)(=O)O)c2cc(Br)c(O)c(O)c2O)C(=O)[C@@H]1O. The molecule has 0 heterocycles. The highest BCUT2D eigenvalue weighted by atomic mass is 79.9. The maximum Gasteiger partial charge on any atom is 0.295 e. The zero-order chi connectivity index (χ0) is 23.2. The molecule has 2 aromatic carbocycles. The minimum Gasteiger partial charge on any atom is -0.504 e. The van der Waals surface area contributed by atoms with Crippen molar-refractivity contribution in [3.05, 3.63) is 62.1 Å². The summed E-state index contributed by atoms with van der Waals surface area (Å²) in [5.41, 5.74) is -1.35. The van der Waals surface area contributed by atoms with Crippen LogP contribution in [0.3, 0.4) is 0 Å². The van der Waals surface area contributed by atoms with Gasteiger partial charge in [-0.05, 0) is 50.1 Å². The molecule has 3 rings (SSSR count). The summed E-state index contributed by atoms with van der Waals surface area (Å²) in [5.74, 6) is -4.67. The zero-order valence-electron chi connectivity index (χ0n) is 15.1. The third-order valence-electron chi connectivity index (χ3n) is 4.44. The van der Waals surface area contributed by atoms with Crippen LogP contribution in [0.15, 0.2) is 55.8 Å². The number of benzene rings is 2. The molecular weight excluding hydrogens is 564 g/mol. The number of halogens is 2. The Bertz CT molecular complexity index is 1310. The average Bonchev–Trinajstić information content (AvgIpc) is 2.72. The van der Waals surface area contributed by atoms with Gasteiger partial charge in [-0.1, -0.05) is 18.2 Å². The molecule has 162 valence electrons. The molecule has 5 N–H and O–H groups in total. The Morgan fingerprint density at radius 3 is 2.13 bits per heavy atom. The Kier molecular flexibility index (Phi) is 6.13. The van der Waals surface area contributed by atoms with Crippen molar-refractivity contribution in [2.24, 2.45) is 0 Å². The van der Waals surface area contributed by atoms with Gasteiger partial charge in [-0.3, -0.25) is 14.1 Å². The molecule has 0 bridgehead atoms. The number of hydrogen-bond acceptors (Lipinski definition) is 8. The van der Waals surface area contributed by atoms with Crippen LogP contribution in [0.4, 0.5) is 0 Å². The van der Waals surface area contributed by atoms with Gasteiger partial charge in [0.1, 0.15) is 4.90 Å². The molecule has 1 aliphatic carbocycles. The lowest BCUT2D eigenvalue weighted by Gasteiger charge is -2.22. The minimum atomic E-state index is -4.83.